The zero-order chi connectivity index (χ0) is 71.8. The third-order valence-corrected chi connectivity index (χ3v) is 16.4. The van der Waals surface area contributed by atoms with E-state index in [0.29, 0.717) is 25.7 Å². The van der Waals surface area contributed by atoms with Crippen LogP contribution in [0.2, 0.25) is 0 Å². The first-order valence-electron chi connectivity index (χ1n) is 36.7. The van der Waals surface area contributed by atoms with Gasteiger partial charge in [-0.15, -0.1) is 0 Å². The minimum absolute atomic E-state index is 0.0496. The number of phosphoric acid groups is 2. The molecule has 0 amide bonds. The summed E-state index contributed by atoms with van der Waals surface area (Å²) in [4.78, 5) is 72.7. The van der Waals surface area contributed by atoms with Crippen molar-refractivity contribution in [2.45, 2.75) is 277 Å². The standard InChI is InChI=1S/C79H128O17P2/c1-5-9-13-17-21-25-29-33-36-40-43-47-51-55-59-63-76(81)89-69-74(95-78(83)65-61-57-53-49-45-39-32-28-24-20-16-12-8-4)71-93-97(85,86)91-67-73(80)68-92-98(87,88)94-72-75(96-79(84)66-62-58-54-50-46-42-38-35-31-27-23-19-15-11-7-3)70-90-77(82)64-60-56-52-48-44-41-37-34-30-26-22-18-14-10-6-2/h9-11,13-15,21-23,25-28,32-38,43-44,47-48,56,60,73-75,80H,5-8,12,16-20,24,29-31,39-42,45-46,49-55,57-59,61-72H2,1-4H3,(H,85,86)(H,87,88)/b13-9-,14-10-,15-11-,25-21-,26-22-,27-23-,32-28-,36-33-,37-34-,38-35-,47-43-,48-44-,60-56-. The molecule has 0 aliphatic rings. The second-order valence-corrected chi connectivity index (χ2v) is 26.7. The molecule has 19 heteroatoms. The van der Waals surface area contributed by atoms with Crippen molar-refractivity contribution in [2.24, 2.45) is 0 Å². The molecule has 0 aliphatic carbocycles. The van der Waals surface area contributed by atoms with E-state index in [0.717, 1.165) is 154 Å². The predicted octanol–water partition coefficient (Wildman–Crippen LogP) is 20.9. The van der Waals surface area contributed by atoms with Gasteiger partial charge in [0.15, 0.2) is 12.2 Å². The van der Waals surface area contributed by atoms with E-state index in [9.17, 15) is 43.2 Å². The summed E-state index contributed by atoms with van der Waals surface area (Å²) in [5.74, 6) is -2.41. The molecule has 17 nitrogen and oxygen atoms in total. The van der Waals surface area contributed by atoms with Gasteiger partial charge < -0.3 is 33.8 Å². The van der Waals surface area contributed by atoms with Crippen LogP contribution >= 0.6 is 15.6 Å². The Morgan fingerprint density at radius 1 is 0.306 bits per heavy atom. The maximum atomic E-state index is 13.1. The fourth-order valence-corrected chi connectivity index (χ4v) is 10.6. The van der Waals surface area contributed by atoms with Crippen molar-refractivity contribution in [3.8, 4) is 0 Å². The first kappa shape index (κ1) is 92.7. The summed E-state index contributed by atoms with van der Waals surface area (Å²) in [6.45, 7) is 4.29. The van der Waals surface area contributed by atoms with Gasteiger partial charge >= 0.3 is 39.5 Å². The smallest absolute Gasteiger partial charge is 0.462 e. The summed E-state index contributed by atoms with van der Waals surface area (Å²) in [6, 6.07) is 0. The molecule has 556 valence electrons. The van der Waals surface area contributed by atoms with Crippen LogP contribution in [-0.2, 0) is 65.4 Å². The second kappa shape index (κ2) is 70.1. The molecule has 5 atom stereocenters. The Morgan fingerprint density at radius 2 is 0.571 bits per heavy atom. The fraction of sp³-hybridized carbons (Fsp3) is 0.620. The van der Waals surface area contributed by atoms with Crippen LogP contribution in [0.3, 0.4) is 0 Å². The Hall–Kier alpha value is -5.32. The number of esters is 4. The van der Waals surface area contributed by atoms with Crippen LogP contribution in [0, 0.1) is 0 Å². The number of unbranched alkanes of at least 4 members (excludes halogenated alkanes) is 16. The Labute approximate surface area is 591 Å². The van der Waals surface area contributed by atoms with Gasteiger partial charge in [-0.3, -0.25) is 37.3 Å². The second-order valence-electron chi connectivity index (χ2n) is 23.8. The van der Waals surface area contributed by atoms with Crippen molar-refractivity contribution < 1.29 is 80.2 Å². The van der Waals surface area contributed by atoms with E-state index in [1.54, 1.807) is 6.08 Å². The van der Waals surface area contributed by atoms with Crippen molar-refractivity contribution in [2.75, 3.05) is 39.6 Å². The lowest BCUT2D eigenvalue weighted by Gasteiger charge is -2.21. The highest BCUT2D eigenvalue weighted by Gasteiger charge is 2.30. The van der Waals surface area contributed by atoms with Gasteiger partial charge in [-0.2, -0.15) is 0 Å². The Bertz CT molecular complexity index is 2480. The molecule has 0 aromatic rings. The number of carbonyl (C=O) groups excluding carboxylic acids is 4. The van der Waals surface area contributed by atoms with E-state index in [1.807, 2.05) is 18.2 Å². The van der Waals surface area contributed by atoms with Gasteiger partial charge in [0.05, 0.1) is 32.8 Å². The van der Waals surface area contributed by atoms with Gasteiger partial charge in [-0.05, 0) is 148 Å². The molecule has 0 spiro atoms. The Kier molecular flexibility index (Phi) is 66.3. The number of rotatable bonds is 67. The quantitative estimate of drug-likeness (QED) is 0.0169. The molecule has 3 N–H and O–H groups in total. The van der Waals surface area contributed by atoms with Crippen LogP contribution in [-0.4, -0.2) is 96.7 Å². The summed E-state index contributed by atoms with van der Waals surface area (Å²) in [6.07, 6.45) is 79.9. The van der Waals surface area contributed by atoms with E-state index in [2.05, 4.69) is 161 Å². The summed E-state index contributed by atoms with van der Waals surface area (Å²) in [5.41, 5.74) is 0. The lowest BCUT2D eigenvalue weighted by atomic mass is 10.1. The number of carbonyl (C=O) groups is 4. The SMILES string of the molecule is CC/C=C\C/C=C\C/C=C\C/C=C\C/C=C\CC(=O)OCC(COP(=O)(O)OCC(O)COP(=O)(O)OCC(COC(=O)CCCC/C=C\C/C=C\C/C=C\C/C=C\CC)OC(=O)CCCCCCC/C=C\CCCCCC)OC(=O)CCCCCCC/C=C\C/C=C\C/C=C\CC. The number of hydrogen-bond acceptors (Lipinski definition) is 15. The van der Waals surface area contributed by atoms with Gasteiger partial charge in [-0.1, -0.05) is 243 Å². The monoisotopic (exact) mass is 1410 g/mol. The maximum absolute atomic E-state index is 13.1. The van der Waals surface area contributed by atoms with Crippen molar-refractivity contribution >= 4 is 39.5 Å². The summed E-state index contributed by atoms with van der Waals surface area (Å²) in [7, 11) is -10.0. The summed E-state index contributed by atoms with van der Waals surface area (Å²) >= 11 is 0. The summed E-state index contributed by atoms with van der Waals surface area (Å²) in [5, 5.41) is 10.6. The van der Waals surface area contributed by atoms with Crippen molar-refractivity contribution in [3.63, 3.8) is 0 Å². The molecule has 0 heterocycles. The topological polar surface area (TPSA) is 237 Å². The minimum Gasteiger partial charge on any atom is -0.462 e. The van der Waals surface area contributed by atoms with Crippen LogP contribution in [0.5, 0.6) is 0 Å². The van der Waals surface area contributed by atoms with Crippen LogP contribution in [0.1, 0.15) is 259 Å². The van der Waals surface area contributed by atoms with Crippen LogP contribution in [0.15, 0.2) is 158 Å². The molecule has 0 bridgehead atoms. The molecular formula is C79H128O17P2. The molecule has 0 saturated heterocycles. The molecule has 0 fully saturated rings. The number of aliphatic hydroxyl groups excluding tert-OH is 1. The molecule has 0 saturated carbocycles. The van der Waals surface area contributed by atoms with Gasteiger partial charge in [-0.25, -0.2) is 9.13 Å². The van der Waals surface area contributed by atoms with E-state index in [1.165, 1.54) is 25.7 Å². The third kappa shape index (κ3) is 69.2. The largest absolute Gasteiger partial charge is 0.472 e. The van der Waals surface area contributed by atoms with Crippen LogP contribution < -0.4 is 0 Å². The molecular weight excluding hydrogens is 1280 g/mol. The first-order valence-corrected chi connectivity index (χ1v) is 39.7. The number of ether oxygens (including phenoxy) is 4. The highest BCUT2D eigenvalue weighted by molar-refractivity contribution is 7.47. The molecule has 0 rings (SSSR count). The summed E-state index contributed by atoms with van der Waals surface area (Å²) < 4.78 is 68.2. The van der Waals surface area contributed by atoms with E-state index in [-0.39, 0.29) is 25.7 Å². The average molecular weight is 1410 g/mol. The molecule has 0 aromatic heterocycles. The van der Waals surface area contributed by atoms with Gasteiger partial charge in [0.1, 0.15) is 19.3 Å². The molecule has 0 aromatic carbocycles. The lowest BCUT2D eigenvalue weighted by Crippen LogP contribution is -2.30. The first-order chi connectivity index (χ1) is 47.7. The zero-order valence-electron chi connectivity index (χ0n) is 60.4. The minimum atomic E-state index is -5.01. The fourth-order valence-electron chi connectivity index (χ4n) is 9.00. The molecule has 98 heavy (non-hydrogen) atoms. The Balaban J connectivity index is 5.48. The Morgan fingerprint density at radius 3 is 0.939 bits per heavy atom. The van der Waals surface area contributed by atoms with Crippen molar-refractivity contribution in [1.82, 2.24) is 0 Å². The number of hydrogen-bond donors (Lipinski definition) is 3. The highest BCUT2D eigenvalue weighted by Crippen LogP contribution is 2.45. The number of allylic oxidation sites excluding steroid dienone is 25. The van der Waals surface area contributed by atoms with Crippen molar-refractivity contribution in [1.29, 1.82) is 0 Å². The normalized spacial score (nSPS) is 14.9. The number of aliphatic hydroxyl groups is 1. The van der Waals surface area contributed by atoms with Crippen LogP contribution in [0.4, 0.5) is 0 Å². The maximum Gasteiger partial charge on any atom is 0.472 e. The van der Waals surface area contributed by atoms with Gasteiger partial charge in [0, 0.05) is 19.3 Å². The zero-order valence-corrected chi connectivity index (χ0v) is 62.2. The molecule has 0 radical (unpaired) electrons. The average Bonchev–Trinajstić information content (AvgIpc) is 1.04. The van der Waals surface area contributed by atoms with Crippen molar-refractivity contribution in [3.05, 3.63) is 158 Å². The predicted molar refractivity (Wildman–Crippen MR) is 399 cm³/mol. The molecule has 5 unspecified atom stereocenters. The third-order valence-electron chi connectivity index (χ3n) is 14.5. The highest BCUT2D eigenvalue weighted by atomic mass is 31.2. The van der Waals surface area contributed by atoms with Gasteiger partial charge in [0.25, 0.3) is 0 Å². The van der Waals surface area contributed by atoms with E-state index in [4.69, 9.17) is 37.0 Å². The van der Waals surface area contributed by atoms with E-state index < -0.39 is 97.5 Å². The van der Waals surface area contributed by atoms with E-state index >= 15 is 0 Å². The lowest BCUT2D eigenvalue weighted by molar-refractivity contribution is -0.161. The molecule has 0 aliphatic heterocycles. The number of phosphoric ester groups is 2. The van der Waals surface area contributed by atoms with Crippen LogP contribution in [0.25, 0.3) is 0 Å². The van der Waals surface area contributed by atoms with Gasteiger partial charge in [0.2, 0.25) is 0 Å².